The van der Waals surface area contributed by atoms with Crippen LogP contribution in [-0.2, 0) is 38.1 Å². The van der Waals surface area contributed by atoms with Crippen LogP contribution in [0.25, 0.3) is 0 Å². The van der Waals surface area contributed by atoms with Gasteiger partial charge in [-0.05, 0) is 107 Å². The highest BCUT2D eigenvalue weighted by Gasteiger charge is 2.43. The van der Waals surface area contributed by atoms with Gasteiger partial charge in [0.15, 0.2) is 12.2 Å². The quantitative estimate of drug-likeness (QED) is 0.279. The summed E-state index contributed by atoms with van der Waals surface area (Å²) in [6, 6.07) is 0. The molecule has 0 aromatic heterocycles. The fourth-order valence-electron chi connectivity index (χ4n) is 3.61. The molecule has 1 rings (SSSR count). The van der Waals surface area contributed by atoms with E-state index in [9.17, 15) is 39.0 Å². The summed E-state index contributed by atoms with van der Waals surface area (Å²) in [5, 5.41) is 16.9. The van der Waals surface area contributed by atoms with E-state index in [0.29, 0.717) is 23.5 Å². The Balaban J connectivity index is 3.02. The first-order valence-corrected chi connectivity index (χ1v) is 16.5. The van der Waals surface area contributed by atoms with Gasteiger partial charge in [0.25, 0.3) is 10.5 Å². The topological polar surface area (TPSA) is 186 Å². The first-order valence-electron chi connectivity index (χ1n) is 14.8. The van der Waals surface area contributed by atoms with Gasteiger partial charge in [-0.25, -0.2) is 9.59 Å². The van der Waals surface area contributed by atoms with Crippen LogP contribution in [0, 0.1) is 0 Å². The molecule has 1 aliphatic rings. The molecule has 46 heavy (non-hydrogen) atoms. The molecule has 0 aromatic rings. The van der Waals surface area contributed by atoms with E-state index in [2.05, 4.69) is 0 Å². The van der Waals surface area contributed by atoms with E-state index in [1.165, 1.54) is 9.80 Å². The number of hydrogen-bond acceptors (Lipinski definition) is 14. The third kappa shape index (κ3) is 14.9. The lowest BCUT2D eigenvalue weighted by molar-refractivity contribution is -0.171. The predicted molar refractivity (Wildman–Crippen MR) is 172 cm³/mol. The number of piperazine rings is 1. The number of aliphatic hydroxyl groups excluding tert-OH is 2. The van der Waals surface area contributed by atoms with Crippen LogP contribution >= 0.6 is 23.5 Å². The number of carbonyl (C=O) groups excluding carboxylic acids is 6. The molecule has 0 radical (unpaired) electrons. The van der Waals surface area contributed by atoms with E-state index in [4.69, 9.17) is 18.9 Å². The monoisotopic (exact) mass is 694 g/mol. The maximum atomic E-state index is 13.2. The molecule has 0 bridgehead atoms. The summed E-state index contributed by atoms with van der Waals surface area (Å²) in [5.74, 6) is -4.15. The van der Waals surface area contributed by atoms with Gasteiger partial charge in [0.2, 0.25) is 0 Å². The molecule has 0 saturated carbocycles. The lowest BCUT2D eigenvalue weighted by Crippen LogP contribution is -2.51. The number of thioether (sulfide) groups is 2. The van der Waals surface area contributed by atoms with Crippen LogP contribution in [0.5, 0.6) is 0 Å². The van der Waals surface area contributed by atoms with E-state index < -0.39 is 79.5 Å². The minimum atomic E-state index is -2.00. The summed E-state index contributed by atoms with van der Waals surface area (Å²) in [5.41, 5.74) is -3.86. The van der Waals surface area contributed by atoms with Crippen LogP contribution in [0.3, 0.4) is 0 Å². The molecular weight excluding hydrogens is 644 g/mol. The molecule has 4 atom stereocenters. The normalized spacial score (nSPS) is 17.3. The molecule has 14 nitrogen and oxygen atoms in total. The van der Waals surface area contributed by atoms with Crippen molar-refractivity contribution in [2.45, 2.75) is 128 Å². The lowest BCUT2D eigenvalue weighted by atomic mass is 10.1. The maximum absolute atomic E-state index is 13.2. The Morgan fingerprint density at radius 1 is 0.478 bits per heavy atom. The molecule has 1 saturated heterocycles. The van der Waals surface area contributed by atoms with Crippen molar-refractivity contribution in [3.63, 3.8) is 0 Å². The molecule has 0 spiro atoms. The van der Waals surface area contributed by atoms with Gasteiger partial charge in [0.1, 0.15) is 32.9 Å². The van der Waals surface area contributed by atoms with E-state index in [0.717, 1.165) is 0 Å². The molecule has 1 heterocycles. The van der Waals surface area contributed by atoms with E-state index in [-0.39, 0.29) is 26.2 Å². The van der Waals surface area contributed by atoms with Crippen molar-refractivity contribution < 1.29 is 57.9 Å². The Hall–Kier alpha value is -2.56. The van der Waals surface area contributed by atoms with Gasteiger partial charge in [-0.15, -0.1) is 0 Å². The van der Waals surface area contributed by atoms with Gasteiger partial charge < -0.3 is 39.0 Å². The largest absolute Gasteiger partial charge is 0.459 e. The van der Waals surface area contributed by atoms with Crippen LogP contribution in [0.15, 0.2) is 0 Å². The third-order valence-corrected chi connectivity index (χ3v) is 7.73. The molecule has 264 valence electrons. The molecule has 1 aliphatic heterocycles. The fourth-order valence-corrected chi connectivity index (χ4v) is 5.48. The molecule has 0 aromatic carbocycles. The standard InChI is InChI=1S/C30H50N2O12S2/c1-27(2,3)41-21(35)17(33)19(23(37)43-29(7,8)9)45-25(39)31-13-15-32(16-14-31)26(40)46-20(24(38)44-30(10,11)12)18(34)22(36)42-28(4,5)6/h17-20,33-34H,13-16H2,1-12H3/t17-,18-,19?,20?/m1/s1. The smallest absolute Gasteiger partial charge is 0.337 e. The van der Waals surface area contributed by atoms with Crippen molar-refractivity contribution >= 4 is 57.9 Å². The highest BCUT2D eigenvalue weighted by atomic mass is 32.2. The third-order valence-electron chi connectivity index (χ3n) is 5.40. The van der Waals surface area contributed by atoms with Crippen LogP contribution in [0.1, 0.15) is 83.1 Å². The zero-order chi connectivity index (χ0) is 36.0. The predicted octanol–water partition coefficient (Wildman–Crippen LogP) is 3.14. The van der Waals surface area contributed by atoms with Crippen LogP contribution < -0.4 is 0 Å². The van der Waals surface area contributed by atoms with Gasteiger partial charge in [-0.2, -0.15) is 0 Å². The summed E-state index contributed by atoms with van der Waals surface area (Å²) in [4.78, 5) is 80.1. The Bertz CT molecular complexity index is 1040. The van der Waals surface area contributed by atoms with E-state index in [1.807, 2.05) is 0 Å². The van der Waals surface area contributed by atoms with Gasteiger partial charge >= 0.3 is 23.9 Å². The Morgan fingerprint density at radius 3 is 0.913 bits per heavy atom. The second-order valence-corrected chi connectivity index (χ2v) is 16.8. The number of nitrogens with zero attached hydrogens (tertiary/aromatic N) is 2. The Labute approximate surface area is 279 Å². The van der Waals surface area contributed by atoms with Crippen LogP contribution in [-0.4, -0.2) is 126 Å². The SMILES string of the molecule is CC(C)(C)OC(=O)C(SC(=O)N1CCN(C(=O)SC(C(=O)OC(C)(C)C)[C@@H](O)C(=O)OC(C)(C)C)CC1)[C@@H](O)C(=O)OC(C)(C)C. The summed E-state index contributed by atoms with van der Waals surface area (Å²) in [6.07, 6.45) is -3.99. The highest BCUT2D eigenvalue weighted by Crippen LogP contribution is 2.28. The van der Waals surface area contributed by atoms with Crippen LogP contribution in [0.2, 0.25) is 0 Å². The van der Waals surface area contributed by atoms with Gasteiger partial charge in [0, 0.05) is 26.2 Å². The minimum absolute atomic E-state index is 0.00737. The fraction of sp³-hybridized carbons (Fsp3) is 0.800. The van der Waals surface area contributed by atoms with Gasteiger partial charge in [-0.1, -0.05) is 0 Å². The zero-order valence-electron chi connectivity index (χ0n) is 28.8. The number of hydrogen-bond donors (Lipinski definition) is 2. The molecular formula is C30H50N2O12S2. The second-order valence-electron chi connectivity index (χ2n) is 14.6. The summed E-state index contributed by atoms with van der Waals surface area (Å²) >= 11 is 0.821. The van der Waals surface area contributed by atoms with E-state index >= 15 is 0 Å². The van der Waals surface area contributed by atoms with Gasteiger partial charge in [-0.3, -0.25) is 19.2 Å². The Morgan fingerprint density at radius 2 is 0.696 bits per heavy atom. The first-order chi connectivity index (χ1) is 20.6. The number of rotatable bonds is 8. The first kappa shape index (κ1) is 41.5. The molecule has 2 unspecified atom stereocenters. The molecule has 1 fully saturated rings. The molecule has 2 amide bonds. The van der Waals surface area contributed by atoms with Crippen LogP contribution in [0.4, 0.5) is 9.59 Å². The summed E-state index contributed by atoms with van der Waals surface area (Å²) < 4.78 is 21.1. The molecule has 2 N–H and O–H groups in total. The average molecular weight is 695 g/mol. The lowest BCUT2D eigenvalue weighted by Gasteiger charge is -2.36. The maximum Gasteiger partial charge on any atom is 0.337 e. The number of ether oxygens (including phenoxy) is 4. The number of carbonyl (C=O) groups is 6. The second kappa shape index (κ2) is 16.0. The molecule has 0 aliphatic carbocycles. The summed E-state index contributed by atoms with van der Waals surface area (Å²) in [6.45, 7) is 19.2. The van der Waals surface area contributed by atoms with Crippen molar-refractivity contribution in [2.24, 2.45) is 0 Å². The number of amides is 2. The zero-order valence-corrected chi connectivity index (χ0v) is 30.5. The molecule has 16 heteroatoms. The number of aliphatic hydroxyl groups is 2. The number of esters is 4. The van der Waals surface area contributed by atoms with Crippen molar-refractivity contribution in [3.8, 4) is 0 Å². The van der Waals surface area contributed by atoms with E-state index in [1.54, 1.807) is 83.1 Å². The van der Waals surface area contributed by atoms with Crippen molar-refractivity contribution in [3.05, 3.63) is 0 Å². The highest BCUT2D eigenvalue weighted by molar-refractivity contribution is 8.15. The van der Waals surface area contributed by atoms with Crippen molar-refractivity contribution in [2.75, 3.05) is 26.2 Å². The summed E-state index contributed by atoms with van der Waals surface area (Å²) in [7, 11) is 0. The van der Waals surface area contributed by atoms with Crippen molar-refractivity contribution in [1.29, 1.82) is 0 Å². The minimum Gasteiger partial charge on any atom is -0.459 e. The Kier molecular flexibility index (Phi) is 14.4. The van der Waals surface area contributed by atoms with Gasteiger partial charge in [0.05, 0.1) is 0 Å². The average Bonchev–Trinajstić information content (AvgIpc) is 2.85. The van der Waals surface area contributed by atoms with Crippen molar-refractivity contribution in [1.82, 2.24) is 9.80 Å².